The van der Waals surface area contributed by atoms with E-state index >= 15 is 0 Å². The zero-order valence-electron chi connectivity index (χ0n) is 22.8. The predicted molar refractivity (Wildman–Crippen MR) is 140 cm³/mol. The van der Waals surface area contributed by atoms with E-state index in [1.165, 1.54) is 12.1 Å². The Kier molecular flexibility index (Phi) is 6.94. The molecule has 2 atom stereocenters. The van der Waals surface area contributed by atoms with Crippen LogP contribution in [0.4, 0.5) is 9.18 Å². The van der Waals surface area contributed by atoms with Crippen LogP contribution in [0, 0.1) is 22.6 Å². The van der Waals surface area contributed by atoms with Crippen molar-refractivity contribution >= 4 is 18.7 Å². The summed E-state index contributed by atoms with van der Waals surface area (Å²) in [6.07, 6.45) is 0.358. The van der Waals surface area contributed by atoms with Gasteiger partial charge in [0.2, 0.25) is 0 Å². The summed E-state index contributed by atoms with van der Waals surface area (Å²) in [4.78, 5) is 15.1. The molecule has 4 rings (SSSR count). The van der Waals surface area contributed by atoms with Crippen molar-refractivity contribution in [3.05, 3.63) is 65.5 Å². The molecule has 37 heavy (non-hydrogen) atoms. The van der Waals surface area contributed by atoms with Crippen molar-refractivity contribution < 1.29 is 23.2 Å². The lowest BCUT2D eigenvalue weighted by atomic mass is 9.75. The first kappa shape index (κ1) is 27.2. The van der Waals surface area contributed by atoms with Gasteiger partial charge in [-0.25, -0.2) is 9.18 Å². The molecule has 2 fully saturated rings. The summed E-state index contributed by atoms with van der Waals surface area (Å²) in [5.74, 6) is -0.361. The van der Waals surface area contributed by atoms with Crippen molar-refractivity contribution in [3.63, 3.8) is 0 Å². The van der Waals surface area contributed by atoms with Crippen molar-refractivity contribution in [2.45, 2.75) is 84.2 Å². The maximum absolute atomic E-state index is 13.6. The second-order valence-corrected chi connectivity index (χ2v) is 11.9. The molecule has 2 aromatic carbocycles. The smallest absolute Gasteiger partial charge is 0.438 e. The average molecular weight is 506 g/mol. The third-order valence-corrected chi connectivity index (χ3v) is 8.09. The number of rotatable bonds is 6. The SMILES string of the molecule is C[C@@H](c1ccc(B2OC(C)(C)C(C)(C)O2)cc1)N1CC[C@](CC(C)(C)C#N)(c2ccc(F)cc2)OC1=O. The number of hydrogen-bond donors (Lipinski definition) is 0. The quantitative estimate of drug-likeness (QED) is 0.459. The molecule has 2 aliphatic rings. The number of nitrogens with zero attached hydrogens (tertiary/aromatic N) is 2. The monoisotopic (exact) mass is 506 g/mol. The van der Waals surface area contributed by atoms with Gasteiger partial charge in [0, 0.05) is 19.4 Å². The van der Waals surface area contributed by atoms with Gasteiger partial charge in [-0.15, -0.1) is 0 Å². The van der Waals surface area contributed by atoms with Gasteiger partial charge >= 0.3 is 13.2 Å². The van der Waals surface area contributed by atoms with E-state index in [4.69, 9.17) is 14.0 Å². The van der Waals surface area contributed by atoms with Gasteiger partial charge in [0.25, 0.3) is 0 Å². The van der Waals surface area contributed by atoms with Gasteiger partial charge in [0.1, 0.15) is 11.4 Å². The Morgan fingerprint density at radius 1 is 1.05 bits per heavy atom. The molecule has 0 aliphatic carbocycles. The summed E-state index contributed by atoms with van der Waals surface area (Å²) in [6, 6.07) is 16.0. The summed E-state index contributed by atoms with van der Waals surface area (Å²) in [7, 11) is -0.450. The van der Waals surface area contributed by atoms with Crippen molar-refractivity contribution in [1.82, 2.24) is 4.90 Å². The first-order chi connectivity index (χ1) is 17.2. The number of amides is 1. The predicted octanol–water partition coefficient (Wildman–Crippen LogP) is 5.86. The van der Waals surface area contributed by atoms with Crippen LogP contribution in [0.3, 0.4) is 0 Å². The lowest BCUT2D eigenvalue weighted by molar-refractivity contribution is -0.0771. The van der Waals surface area contributed by atoms with Gasteiger partial charge in [0.15, 0.2) is 0 Å². The fourth-order valence-corrected chi connectivity index (χ4v) is 5.05. The first-order valence-electron chi connectivity index (χ1n) is 12.8. The largest absolute Gasteiger partial charge is 0.494 e. The van der Waals surface area contributed by atoms with E-state index in [0.717, 1.165) is 11.0 Å². The lowest BCUT2D eigenvalue weighted by Gasteiger charge is -2.45. The van der Waals surface area contributed by atoms with E-state index in [9.17, 15) is 14.4 Å². The van der Waals surface area contributed by atoms with Gasteiger partial charge in [-0.2, -0.15) is 5.26 Å². The molecule has 2 aliphatic heterocycles. The van der Waals surface area contributed by atoms with Crippen LogP contribution in [0.2, 0.25) is 0 Å². The Hall–Kier alpha value is -2.89. The van der Waals surface area contributed by atoms with Crippen LogP contribution in [0.1, 0.15) is 78.5 Å². The van der Waals surface area contributed by atoms with Gasteiger partial charge in [-0.05, 0) is 77.2 Å². The Morgan fingerprint density at radius 2 is 1.62 bits per heavy atom. The van der Waals surface area contributed by atoms with Gasteiger partial charge in [-0.3, -0.25) is 0 Å². The molecule has 0 unspecified atom stereocenters. The summed E-state index contributed by atoms with van der Waals surface area (Å²) in [6.45, 7) is 14.1. The van der Waals surface area contributed by atoms with Crippen LogP contribution in [0.5, 0.6) is 0 Å². The van der Waals surface area contributed by atoms with E-state index in [-0.39, 0.29) is 11.9 Å². The van der Waals surface area contributed by atoms with E-state index in [2.05, 4.69) is 6.07 Å². The van der Waals surface area contributed by atoms with Crippen molar-refractivity contribution in [1.29, 1.82) is 5.26 Å². The molecular weight excluding hydrogens is 470 g/mol. The van der Waals surface area contributed by atoms with Crippen LogP contribution in [-0.2, 0) is 19.6 Å². The van der Waals surface area contributed by atoms with Crippen LogP contribution >= 0.6 is 0 Å². The number of nitriles is 1. The van der Waals surface area contributed by atoms with E-state index in [0.29, 0.717) is 24.9 Å². The Morgan fingerprint density at radius 3 is 2.14 bits per heavy atom. The first-order valence-corrected chi connectivity index (χ1v) is 12.8. The summed E-state index contributed by atoms with van der Waals surface area (Å²) >= 11 is 0. The highest BCUT2D eigenvalue weighted by Gasteiger charge is 2.52. The third-order valence-electron chi connectivity index (χ3n) is 8.09. The van der Waals surface area contributed by atoms with Crippen molar-refractivity contribution in [2.75, 3.05) is 6.54 Å². The maximum Gasteiger partial charge on any atom is 0.494 e. The Balaban J connectivity index is 1.52. The van der Waals surface area contributed by atoms with Crippen molar-refractivity contribution in [3.8, 4) is 6.07 Å². The fourth-order valence-electron chi connectivity index (χ4n) is 5.05. The molecule has 2 heterocycles. The highest BCUT2D eigenvalue weighted by Crippen LogP contribution is 2.44. The molecule has 0 aromatic heterocycles. The Labute approximate surface area is 219 Å². The summed E-state index contributed by atoms with van der Waals surface area (Å²) in [5, 5.41) is 9.66. The number of hydrogen-bond acceptors (Lipinski definition) is 5. The highest BCUT2D eigenvalue weighted by atomic mass is 19.1. The molecule has 0 N–H and O–H groups in total. The molecule has 8 heteroatoms. The molecule has 0 saturated carbocycles. The molecular formula is C29H36BFN2O4. The molecule has 2 saturated heterocycles. The second-order valence-electron chi connectivity index (χ2n) is 11.9. The standard InChI is InChI=1S/C29H36BFN2O4/c1-20(21-8-12-23(13-9-21)30-36-27(4,5)28(6,7)37-30)33-17-16-29(35-25(33)34,18-26(2,3)19-32)22-10-14-24(31)15-11-22/h8-15,20H,16-18H2,1-7H3/t20-,29-/m0/s1. The van der Waals surface area contributed by atoms with Crippen LogP contribution in [0.15, 0.2) is 48.5 Å². The fraction of sp³-hybridized carbons (Fsp3) is 0.517. The molecule has 196 valence electrons. The number of benzene rings is 2. The number of carbonyl (C=O) groups is 1. The zero-order valence-corrected chi connectivity index (χ0v) is 22.8. The normalized spacial score (nSPS) is 23.9. The number of halogens is 1. The van der Waals surface area contributed by atoms with Gasteiger partial charge < -0.3 is 18.9 Å². The van der Waals surface area contributed by atoms with Crippen LogP contribution in [0.25, 0.3) is 0 Å². The maximum atomic E-state index is 13.6. The average Bonchev–Trinajstić information content (AvgIpc) is 3.05. The number of carbonyl (C=O) groups excluding carboxylic acids is 1. The molecule has 6 nitrogen and oxygen atoms in total. The van der Waals surface area contributed by atoms with Crippen LogP contribution in [-0.4, -0.2) is 35.9 Å². The number of ether oxygens (including phenoxy) is 1. The summed E-state index contributed by atoms with van der Waals surface area (Å²) in [5.41, 5.74) is 0.0156. The van der Waals surface area contributed by atoms with E-state index in [1.54, 1.807) is 17.0 Å². The minimum atomic E-state index is -0.999. The minimum absolute atomic E-state index is 0.227. The van der Waals surface area contributed by atoms with Gasteiger partial charge in [0.05, 0.1) is 28.7 Å². The summed E-state index contributed by atoms with van der Waals surface area (Å²) < 4.78 is 32.1. The minimum Gasteiger partial charge on any atom is -0.438 e. The highest BCUT2D eigenvalue weighted by molar-refractivity contribution is 6.62. The van der Waals surface area contributed by atoms with Gasteiger partial charge in [-0.1, -0.05) is 36.4 Å². The second kappa shape index (κ2) is 9.45. The molecule has 2 aromatic rings. The molecule has 0 spiro atoms. The molecule has 0 bridgehead atoms. The number of cyclic esters (lactones) is 1. The Bertz CT molecular complexity index is 1170. The lowest BCUT2D eigenvalue weighted by Crippen LogP contribution is -2.50. The van der Waals surface area contributed by atoms with E-state index in [1.807, 2.05) is 72.7 Å². The van der Waals surface area contributed by atoms with Crippen molar-refractivity contribution in [2.24, 2.45) is 5.41 Å². The molecule has 0 radical (unpaired) electrons. The van der Waals surface area contributed by atoms with Crippen LogP contribution < -0.4 is 5.46 Å². The van der Waals surface area contributed by atoms with E-state index < -0.39 is 35.4 Å². The topological polar surface area (TPSA) is 71.8 Å². The zero-order chi connectivity index (χ0) is 27.2. The molecule has 1 amide bonds. The third kappa shape index (κ3) is 5.25.